The minimum atomic E-state index is -1.99. The number of hydrogen-bond acceptors (Lipinski definition) is 6. The normalized spacial score (nSPS) is 41.3. The lowest BCUT2D eigenvalue weighted by molar-refractivity contribution is -0.421. The first kappa shape index (κ1) is 21.0. The zero-order valence-corrected chi connectivity index (χ0v) is 17.9. The molecule has 8 heteroatoms. The van der Waals surface area contributed by atoms with Crippen LogP contribution in [0, 0.1) is 0 Å². The predicted octanol–water partition coefficient (Wildman–Crippen LogP) is 2.38. The molecule has 1 saturated heterocycles. The van der Waals surface area contributed by atoms with Gasteiger partial charge >= 0.3 is 0 Å². The quantitative estimate of drug-likeness (QED) is 0.549. The molecular weight excluding hydrogens is 440 g/mol. The van der Waals surface area contributed by atoms with Crippen molar-refractivity contribution in [3.63, 3.8) is 0 Å². The lowest BCUT2D eigenvalue weighted by atomic mass is 9.69. The van der Waals surface area contributed by atoms with Gasteiger partial charge in [-0.25, -0.2) is 0 Å². The fourth-order valence-corrected chi connectivity index (χ4v) is 4.28. The van der Waals surface area contributed by atoms with E-state index in [1.807, 2.05) is 18.2 Å². The van der Waals surface area contributed by atoms with Crippen LogP contribution in [-0.4, -0.2) is 55.7 Å². The minimum Gasteiger partial charge on any atom is -0.459 e. The van der Waals surface area contributed by atoms with E-state index in [1.165, 1.54) is 27.7 Å². The number of ether oxygens (including phenoxy) is 2. The minimum absolute atomic E-state index is 0.396. The van der Waals surface area contributed by atoms with E-state index in [2.05, 4.69) is 15.9 Å². The summed E-state index contributed by atoms with van der Waals surface area (Å²) in [4.78, 5) is 0. The lowest BCUT2D eigenvalue weighted by Gasteiger charge is -2.60. The molecular formula is C19H24BrClO6. The standard InChI is InChI=1S/C19H24BrClO6/c1-16(9-22)17(2,24)15(23)18(3,25)19(4,27-16)26-12-8-6-10-5-7-11(20)14(21)13(10)12/h5,7-8,15,22-25H,6,9H2,1-4H3/t15-,16?,17-,18+,19?/m1/s1. The van der Waals surface area contributed by atoms with Gasteiger partial charge < -0.3 is 29.9 Å². The van der Waals surface area contributed by atoms with Crippen LogP contribution >= 0.6 is 27.5 Å². The van der Waals surface area contributed by atoms with E-state index >= 15 is 0 Å². The fourth-order valence-electron chi connectivity index (χ4n) is 3.67. The van der Waals surface area contributed by atoms with Crippen LogP contribution < -0.4 is 0 Å². The molecule has 1 aliphatic carbocycles. The van der Waals surface area contributed by atoms with Gasteiger partial charge in [0.15, 0.2) is 5.60 Å². The first-order valence-corrected chi connectivity index (χ1v) is 9.78. The molecule has 5 atom stereocenters. The molecule has 0 saturated carbocycles. The molecule has 1 aromatic carbocycles. The highest BCUT2D eigenvalue weighted by atomic mass is 79.9. The summed E-state index contributed by atoms with van der Waals surface area (Å²) >= 11 is 9.81. The van der Waals surface area contributed by atoms with Gasteiger partial charge in [-0.3, -0.25) is 0 Å². The van der Waals surface area contributed by atoms with E-state index in [0.717, 1.165) is 5.56 Å². The third-order valence-corrected chi connectivity index (χ3v) is 7.30. The summed E-state index contributed by atoms with van der Waals surface area (Å²) in [5.41, 5.74) is -3.87. The number of rotatable bonds is 3. The highest BCUT2D eigenvalue weighted by Crippen LogP contribution is 2.51. The van der Waals surface area contributed by atoms with Crippen molar-refractivity contribution in [2.75, 3.05) is 6.61 Å². The Morgan fingerprint density at radius 1 is 1.22 bits per heavy atom. The van der Waals surface area contributed by atoms with Gasteiger partial charge in [0.05, 0.1) is 11.6 Å². The van der Waals surface area contributed by atoms with Crippen LogP contribution in [0.15, 0.2) is 22.7 Å². The Morgan fingerprint density at radius 2 is 1.85 bits per heavy atom. The number of aliphatic hydroxyl groups excluding tert-OH is 2. The SMILES string of the molecule is CC1(OC2=CCc3ccc(Br)c(Cl)c32)OC(C)(CO)[C@](C)(O)[C@@H](O)[C@]1(C)O. The van der Waals surface area contributed by atoms with Crippen molar-refractivity contribution in [3.05, 3.63) is 38.8 Å². The number of hydrogen-bond donors (Lipinski definition) is 4. The molecule has 27 heavy (non-hydrogen) atoms. The van der Waals surface area contributed by atoms with Crippen LogP contribution in [0.25, 0.3) is 5.76 Å². The maximum atomic E-state index is 11.0. The zero-order chi connectivity index (χ0) is 20.4. The van der Waals surface area contributed by atoms with Crippen LogP contribution in [0.3, 0.4) is 0 Å². The molecule has 150 valence electrons. The topological polar surface area (TPSA) is 99.4 Å². The molecule has 1 aromatic rings. The van der Waals surface area contributed by atoms with Crippen molar-refractivity contribution >= 4 is 33.3 Å². The Morgan fingerprint density at radius 3 is 2.44 bits per heavy atom. The third-order valence-electron chi connectivity index (χ3n) is 6.02. The number of halogens is 2. The van der Waals surface area contributed by atoms with Crippen molar-refractivity contribution in [2.24, 2.45) is 0 Å². The van der Waals surface area contributed by atoms with Gasteiger partial charge in [0.25, 0.3) is 0 Å². The molecule has 0 aromatic heterocycles. The maximum Gasteiger partial charge on any atom is 0.239 e. The van der Waals surface area contributed by atoms with Crippen LogP contribution in [0.2, 0.25) is 5.02 Å². The molecule has 0 amide bonds. The summed E-state index contributed by atoms with van der Waals surface area (Å²) < 4.78 is 12.7. The van der Waals surface area contributed by atoms with E-state index < -0.39 is 35.3 Å². The van der Waals surface area contributed by atoms with Crippen molar-refractivity contribution in [3.8, 4) is 0 Å². The van der Waals surface area contributed by atoms with Gasteiger partial charge in [-0.05, 0) is 60.8 Å². The highest BCUT2D eigenvalue weighted by molar-refractivity contribution is 9.10. The van der Waals surface area contributed by atoms with Gasteiger partial charge in [-0.1, -0.05) is 17.7 Å². The van der Waals surface area contributed by atoms with Gasteiger partial charge in [0.1, 0.15) is 23.1 Å². The Labute approximate surface area is 171 Å². The molecule has 2 aliphatic rings. The monoisotopic (exact) mass is 462 g/mol. The second-order valence-corrected chi connectivity index (χ2v) is 9.14. The Balaban J connectivity index is 2.04. The largest absolute Gasteiger partial charge is 0.459 e. The highest BCUT2D eigenvalue weighted by Gasteiger charge is 2.69. The molecule has 3 rings (SSSR count). The van der Waals surface area contributed by atoms with Crippen LogP contribution in [-0.2, 0) is 15.9 Å². The molecule has 1 aliphatic heterocycles. The second kappa shape index (κ2) is 6.42. The maximum absolute atomic E-state index is 11.0. The van der Waals surface area contributed by atoms with Gasteiger partial charge in [-0.15, -0.1) is 0 Å². The fraction of sp³-hybridized carbons (Fsp3) is 0.579. The molecule has 6 nitrogen and oxygen atoms in total. The number of aliphatic hydroxyl groups is 4. The van der Waals surface area contributed by atoms with Crippen molar-refractivity contribution in [1.29, 1.82) is 0 Å². The van der Waals surface area contributed by atoms with Crippen LogP contribution in [0.1, 0.15) is 38.8 Å². The first-order valence-electron chi connectivity index (χ1n) is 8.61. The summed E-state index contributed by atoms with van der Waals surface area (Å²) in [7, 11) is 0. The summed E-state index contributed by atoms with van der Waals surface area (Å²) in [6.45, 7) is 4.95. The first-order chi connectivity index (χ1) is 12.3. The van der Waals surface area contributed by atoms with E-state index in [0.29, 0.717) is 27.2 Å². The molecule has 2 unspecified atom stereocenters. The average Bonchev–Trinajstić information content (AvgIpc) is 2.99. The molecule has 0 radical (unpaired) electrons. The zero-order valence-electron chi connectivity index (χ0n) is 15.6. The van der Waals surface area contributed by atoms with Crippen molar-refractivity contribution < 1.29 is 29.9 Å². The molecule has 4 N–H and O–H groups in total. The predicted molar refractivity (Wildman–Crippen MR) is 104 cm³/mol. The summed E-state index contributed by atoms with van der Waals surface area (Å²) in [6.07, 6.45) is 0.747. The summed E-state index contributed by atoms with van der Waals surface area (Å²) in [6, 6.07) is 3.76. The number of fused-ring (bicyclic) bond motifs is 1. The summed E-state index contributed by atoms with van der Waals surface area (Å²) in [5, 5.41) is 42.8. The molecule has 0 bridgehead atoms. The van der Waals surface area contributed by atoms with E-state index in [9.17, 15) is 20.4 Å². The van der Waals surface area contributed by atoms with Crippen LogP contribution in [0.4, 0.5) is 0 Å². The average molecular weight is 464 g/mol. The Kier molecular flexibility index (Phi) is 5.00. The molecule has 0 spiro atoms. The molecule has 1 fully saturated rings. The van der Waals surface area contributed by atoms with E-state index in [1.54, 1.807) is 0 Å². The van der Waals surface area contributed by atoms with Crippen LogP contribution in [0.5, 0.6) is 0 Å². The summed E-state index contributed by atoms with van der Waals surface area (Å²) in [5.74, 6) is -1.38. The smallest absolute Gasteiger partial charge is 0.239 e. The van der Waals surface area contributed by atoms with Crippen molar-refractivity contribution in [2.45, 2.75) is 62.8 Å². The number of allylic oxidation sites excluding steroid dienone is 1. The van der Waals surface area contributed by atoms with Crippen molar-refractivity contribution in [1.82, 2.24) is 0 Å². The van der Waals surface area contributed by atoms with E-state index in [4.69, 9.17) is 21.1 Å². The van der Waals surface area contributed by atoms with Gasteiger partial charge in [0.2, 0.25) is 5.79 Å². The Hall–Kier alpha value is -0.670. The van der Waals surface area contributed by atoms with E-state index in [-0.39, 0.29) is 0 Å². The molecule has 1 heterocycles. The lowest BCUT2D eigenvalue weighted by Crippen LogP contribution is -2.79. The van der Waals surface area contributed by atoms with Gasteiger partial charge in [0, 0.05) is 17.0 Å². The Bertz CT molecular complexity index is 808. The number of benzene rings is 1. The van der Waals surface area contributed by atoms with Gasteiger partial charge in [-0.2, -0.15) is 0 Å². The third kappa shape index (κ3) is 2.87. The second-order valence-electron chi connectivity index (χ2n) is 7.90.